The highest BCUT2D eigenvalue weighted by atomic mass is 19.4. The zero-order valence-corrected chi connectivity index (χ0v) is 21.2. The number of nitrogens with zero attached hydrogens (tertiary/aromatic N) is 2. The number of benzene rings is 1. The van der Waals surface area contributed by atoms with Crippen LogP contribution in [0.1, 0.15) is 62.0 Å². The largest absolute Gasteiger partial charge is 0.497 e. The molecule has 1 saturated carbocycles. The van der Waals surface area contributed by atoms with Crippen molar-refractivity contribution in [2.75, 3.05) is 31.7 Å². The van der Waals surface area contributed by atoms with E-state index >= 15 is 0 Å². The average molecular weight is 521 g/mol. The number of hydrogen-bond acceptors (Lipinski definition) is 5. The number of halogens is 3. The normalized spacial score (nSPS) is 17.5. The predicted octanol–water partition coefficient (Wildman–Crippen LogP) is 6.24. The summed E-state index contributed by atoms with van der Waals surface area (Å²) in [7, 11) is 1.59. The summed E-state index contributed by atoms with van der Waals surface area (Å²) in [5.74, 6) is 1.18. The lowest BCUT2D eigenvalue weighted by Gasteiger charge is -2.35. The van der Waals surface area contributed by atoms with Crippen molar-refractivity contribution in [1.29, 1.82) is 0 Å². The summed E-state index contributed by atoms with van der Waals surface area (Å²) in [6.45, 7) is 2.08. The molecule has 0 radical (unpaired) electrons. The smallest absolute Gasteiger partial charge is 0.389 e. The van der Waals surface area contributed by atoms with E-state index in [2.05, 4.69) is 9.88 Å². The number of carbonyl (C=O) groups is 1. The van der Waals surface area contributed by atoms with Crippen molar-refractivity contribution in [2.24, 2.45) is 11.8 Å². The number of alkyl halides is 3. The maximum atomic E-state index is 12.6. The fraction of sp³-hybridized carbons (Fsp3) is 0.571. The number of anilines is 1. The van der Waals surface area contributed by atoms with Crippen LogP contribution in [-0.4, -0.2) is 49.0 Å². The second-order valence-electron chi connectivity index (χ2n) is 10.2. The van der Waals surface area contributed by atoms with Gasteiger partial charge in [0.1, 0.15) is 5.75 Å². The van der Waals surface area contributed by atoms with Crippen LogP contribution >= 0.6 is 0 Å². The first-order chi connectivity index (χ1) is 17.7. The highest BCUT2D eigenvalue weighted by molar-refractivity contribution is 5.68. The molecule has 1 atom stereocenters. The molecule has 1 saturated heterocycles. The van der Waals surface area contributed by atoms with E-state index in [1.54, 1.807) is 19.4 Å². The van der Waals surface area contributed by atoms with Gasteiger partial charge in [-0.3, -0.25) is 4.79 Å². The van der Waals surface area contributed by atoms with Gasteiger partial charge in [-0.15, -0.1) is 0 Å². The Morgan fingerprint density at radius 1 is 1.16 bits per heavy atom. The van der Waals surface area contributed by atoms with Gasteiger partial charge in [-0.1, -0.05) is 6.07 Å². The van der Waals surface area contributed by atoms with Gasteiger partial charge in [0.05, 0.1) is 20.1 Å². The highest BCUT2D eigenvalue weighted by Gasteiger charge is 2.34. The van der Waals surface area contributed by atoms with Gasteiger partial charge in [-0.2, -0.15) is 13.2 Å². The second kappa shape index (κ2) is 12.0. The van der Waals surface area contributed by atoms with Crippen LogP contribution < -0.4 is 14.4 Å². The average Bonchev–Trinajstić information content (AvgIpc) is 3.71. The second-order valence-corrected chi connectivity index (χ2v) is 10.2. The lowest BCUT2D eigenvalue weighted by atomic mass is 9.92. The fourth-order valence-corrected chi connectivity index (χ4v) is 5.18. The van der Waals surface area contributed by atoms with E-state index in [0.29, 0.717) is 36.5 Å². The molecule has 0 spiro atoms. The summed E-state index contributed by atoms with van der Waals surface area (Å²) in [6, 6.07) is 9.36. The van der Waals surface area contributed by atoms with Crippen molar-refractivity contribution in [3.05, 3.63) is 47.7 Å². The number of hydrogen-bond donors (Lipinski definition) is 1. The Labute approximate surface area is 215 Å². The predicted molar refractivity (Wildman–Crippen MR) is 134 cm³/mol. The molecule has 1 aliphatic carbocycles. The van der Waals surface area contributed by atoms with Gasteiger partial charge in [0, 0.05) is 43.5 Å². The van der Waals surface area contributed by atoms with Crippen LogP contribution in [-0.2, 0) is 11.2 Å². The summed E-state index contributed by atoms with van der Waals surface area (Å²) >= 11 is 0. The third kappa shape index (κ3) is 8.01. The van der Waals surface area contributed by atoms with Crippen molar-refractivity contribution in [3.8, 4) is 11.6 Å². The lowest BCUT2D eigenvalue weighted by Crippen LogP contribution is -2.36. The van der Waals surface area contributed by atoms with Crippen LogP contribution in [0.4, 0.5) is 18.9 Å². The number of piperidine rings is 1. The van der Waals surface area contributed by atoms with Gasteiger partial charge < -0.3 is 19.5 Å². The quantitative estimate of drug-likeness (QED) is 0.357. The summed E-state index contributed by atoms with van der Waals surface area (Å²) in [5, 5.41) is 9.29. The van der Waals surface area contributed by atoms with E-state index in [-0.39, 0.29) is 18.8 Å². The van der Waals surface area contributed by atoms with Gasteiger partial charge in [0.2, 0.25) is 5.88 Å². The van der Waals surface area contributed by atoms with E-state index in [1.165, 1.54) is 0 Å². The van der Waals surface area contributed by atoms with E-state index in [1.807, 2.05) is 24.3 Å². The van der Waals surface area contributed by atoms with E-state index in [9.17, 15) is 23.1 Å². The number of rotatable bonds is 12. The van der Waals surface area contributed by atoms with Crippen molar-refractivity contribution in [3.63, 3.8) is 0 Å². The Hall–Kier alpha value is -2.97. The maximum absolute atomic E-state index is 12.6. The molecule has 202 valence electrons. The first kappa shape index (κ1) is 27.1. The number of ether oxygens (including phenoxy) is 2. The number of methoxy groups -OCH3 is 1. The minimum absolute atomic E-state index is 0.000666. The van der Waals surface area contributed by atoms with Gasteiger partial charge in [-0.05, 0) is 79.5 Å². The third-order valence-corrected chi connectivity index (χ3v) is 7.39. The lowest BCUT2D eigenvalue weighted by molar-refractivity contribution is -0.137. The Morgan fingerprint density at radius 2 is 1.92 bits per heavy atom. The summed E-state index contributed by atoms with van der Waals surface area (Å²) in [4.78, 5) is 17.9. The van der Waals surface area contributed by atoms with Crippen LogP contribution in [0.3, 0.4) is 0 Å². The van der Waals surface area contributed by atoms with Crippen LogP contribution in [0.2, 0.25) is 0 Å². The molecule has 1 unspecified atom stereocenters. The van der Waals surface area contributed by atoms with Crippen LogP contribution in [0.25, 0.3) is 0 Å². The Balaban J connectivity index is 1.32. The SMILES string of the molecule is COc1ccc(CCCC(F)(F)F)c(N2CCC(COc3cc(C(CC(=O)O)C4CC4)ccn3)CC2)c1. The number of carboxylic acids is 1. The minimum atomic E-state index is -4.14. The number of aromatic nitrogens is 1. The number of aliphatic carboxylic acids is 1. The molecular weight excluding hydrogens is 485 g/mol. The molecular formula is C28H35F3N2O4. The molecule has 2 aliphatic rings. The van der Waals surface area contributed by atoms with Gasteiger partial charge in [0.25, 0.3) is 0 Å². The fourth-order valence-electron chi connectivity index (χ4n) is 5.18. The standard InChI is InChI=1S/C28H35F3N2O4/c1-36-23-7-6-21(3-2-11-28(29,30)31)25(16-23)33-13-9-19(10-14-33)18-37-26-15-22(8-12-32-26)24(17-27(34)35)20-4-5-20/h6-8,12,15-16,19-20,24H,2-5,9-11,13-14,17-18H2,1H3,(H,34,35). The molecule has 6 nitrogen and oxygen atoms in total. The Kier molecular flexibility index (Phi) is 8.82. The van der Waals surface area contributed by atoms with Crippen LogP contribution in [0.5, 0.6) is 11.6 Å². The first-order valence-electron chi connectivity index (χ1n) is 13.0. The third-order valence-electron chi connectivity index (χ3n) is 7.39. The number of pyridine rings is 1. The minimum Gasteiger partial charge on any atom is -0.497 e. The van der Waals surface area contributed by atoms with Crippen molar-refractivity contribution < 1.29 is 32.5 Å². The van der Waals surface area contributed by atoms with Crippen molar-refractivity contribution >= 4 is 11.7 Å². The summed E-state index contributed by atoms with van der Waals surface area (Å²) in [5.41, 5.74) is 2.83. The topological polar surface area (TPSA) is 71.9 Å². The number of aryl methyl sites for hydroxylation is 1. The molecule has 2 aromatic rings. The molecule has 0 bridgehead atoms. The molecule has 1 N–H and O–H groups in total. The molecule has 1 aromatic carbocycles. The van der Waals surface area contributed by atoms with Crippen molar-refractivity contribution in [1.82, 2.24) is 4.98 Å². The van der Waals surface area contributed by atoms with E-state index in [4.69, 9.17) is 9.47 Å². The molecule has 1 aromatic heterocycles. The monoisotopic (exact) mass is 520 g/mol. The molecule has 0 amide bonds. The zero-order valence-electron chi connectivity index (χ0n) is 21.2. The van der Waals surface area contributed by atoms with Gasteiger partial charge in [0.15, 0.2) is 0 Å². The Morgan fingerprint density at radius 3 is 2.57 bits per heavy atom. The highest BCUT2D eigenvalue weighted by Crippen LogP contribution is 2.45. The van der Waals surface area contributed by atoms with E-state index < -0.39 is 18.6 Å². The molecule has 2 fully saturated rings. The van der Waals surface area contributed by atoms with Crippen LogP contribution in [0, 0.1) is 11.8 Å². The molecule has 37 heavy (non-hydrogen) atoms. The summed E-state index contributed by atoms with van der Waals surface area (Å²) < 4.78 is 49.3. The van der Waals surface area contributed by atoms with Gasteiger partial charge in [-0.25, -0.2) is 4.98 Å². The van der Waals surface area contributed by atoms with E-state index in [0.717, 1.165) is 55.6 Å². The number of carboxylic acid groups (broad SMARTS) is 1. The maximum Gasteiger partial charge on any atom is 0.389 e. The van der Waals surface area contributed by atoms with Gasteiger partial charge >= 0.3 is 12.1 Å². The summed E-state index contributed by atoms with van der Waals surface area (Å²) in [6.07, 6.45) is 1.22. The molecule has 2 heterocycles. The Bertz CT molecular complexity index is 1050. The van der Waals surface area contributed by atoms with Crippen LogP contribution in [0.15, 0.2) is 36.5 Å². The first-order valence-corrected chi connectivity index (χ1v) is 13.0. The molecule has 9 heteroatoms. The molecule has 4 rings (SSSR count). The zero-order chi connectivity index (χ0) is 26.4. The van der Waals surface area contributed by atoms with Crippen molar-refractivity contribution in [2.45, 2.75) is 63.5 Å². The molecule has 1 aliphatic heterocycles.